The van der Waals surface area contributed by atoms with Crippen LogP contribution >= 0.6 is 11.8 Å². The SMILES string of the molecule is C=CCN1C(=O)C(C)(C)COc2ccc(NC(=O)c3ccccc3SCC)cc21. The number of ether oxygens (including phenoxy) is 1. The third-order valence-corrected chi connectivity index (χ3v) is 5.62. The first-order valence-electron chi connectivity index (χ1n) is 9.60. The maximum atomic E-state index is 13.0. The summed E-state index contributed by atoms with van der Waals surface area (Å²) in [5, 5.41) is 2.95. The van der Waals surface area contributed by atoms with Gasteiger partial charge in [-0.25, -0.2) is 0 Å². The van der Waals surface area contributed by atoms with Gasteiger partial charge in [-0.2, -0.15) is 0 Å². The Morgan fingerprint density at radius 3 is 2.79 bits per heavy atom. The van der Waals surface area contributed by atoms with Crippen molar-refractivity contribution < 1.29 is 14.3 Å². The van der Waals surface area contributed by atoms with Gasteiger partial charge in [0.05, 0.1) is 16.7 Å². The summed E-state index contributed by atoms with van der Waals surface area (Å²) < 4.78 is 5.89. The molecule has 0 bridgehead atoms. The molecule has 0 saturated carbocycles. The minimum Gasteiger partial charge on any atom is -0.490 e. The minimum atomic E-state index is -0.651. The molecule has 0 radical (unpaired) electrons. The van der Waals surface area contributed by atoms with E-state index in [9.17, 15) is 9.59 Å². The fourth-order valence-corrected chi connectivity index (χ4v) is 3.97. The average Bonchev–Trinajstić information content (AvgIpc) is 2.79. The molecule has 0 spiro atoms. The molecule has 1 aliphatic rings. The summed E-state index contributed by atoms with van der Waals surface area (Å²) in [6.07, 6.45) is 1.69. The number of benzene rings is 2. The van der Waals surface area contributed by atoms with Crippen molar-refractivity contribution in [1.29, 1.82) is 0 Å². The first-order valence-corrected chi connectivity index (χ1v) is 10.6. The Kier molecular flexibility index (Phi) is 6.33. The normalized spacial score (nSPS) is 15.1. The van der Waals surface area contributed by atoms with Gasteiger partial charge in [0.2, 0.25) is 5.91 Å². The van der Waals surface area contributed by atoms with Gasteiger partial charge in [-0.05, 0) is 49.9 Å². The molecular formula is C23H26N2O3S. The fourth-order valence-electron chi connectivity index (χ4n) is 3.17. The van der Waals surface area contributed by atoms with Crippen LogP contribution in [0.15, 0.2) is 60.0 Å². The van der Waals surface area contributed by atoms with Crippen LogP contribution in [0, 0.1) is 5.41 Å². The molecule has 1 aliphatic heterocycles. The molecule has 29 heavy (non-hydrogen) atoms. The molecule has 0 atom stereocenters. The molecule has 1 N–H and O–H groups in total. The van der Waals surface area contributed by atoms with E-state index in [-0.39, 0.29) is 11.8 Å². The van der Waals surface area contributed by atoms with Gasteiger partial charge in [0.25, 0.3) is 5.91 Å². The largest absolute Gasteiger partial charge is 0.490 e. The second-order valence-electron chi connectivity index (χ2n) is 7.44. The van der Waals surface area contributed by atoms with Crippen LogP contribution in [0.25, 0.3) is 0 Å². The Morgan fingerprint density at radius 2 is 2.07 bits per heavy atom. The zero-order valence-corrected chi connectivity index (χ0v) is 17.8. The van der Waals surface area contributed by atoms with Gasteiger partial charge in [0.1, 0.15) is 12.4 Å². The second-order valence-corrected chi connectivity index (χ2v) is 8.75. The number of fused-ring (bicyclic) bond motifs is 1. The van der Waals surface area contributed by atoms with Crippen molar-refractivity contribution in [2.75, 3.05) is 29.1 Å². The monoisotopic (exact) mass is 410 g/mol. The standard InChI is InChI=1S/C23H26N2O3S/c1-5-13-25-18-14-16(11-12-19(18)28-15-23(3,4)22(25)27)24-21(26)17-9-7-8-10-20(17)29-6-2/h5,7-12,14H,1,6,13,15H2,2-4H3,(H,24,26). The summed E-state index contributed by atoms with van der Waals surface area (Å²) in [5.74, 6) is 1.28. The molecule has 2 amide bonds. The molecule has 6 heteroatoms. The summed E-state index contributed by atoms with van der Waals surface area (Å²) in [7, 11) is 0. The van der Waals surface area contributed by atoms with Crippen LogP contribution in [0.3, 0.4) is 0 Å². The van der Waals surface area contributed by atoms with Crippen LogP contribution in [-0.2, 0) is 4.79 Å². The zero-order valence-electron chi connectivity index (χ0n) is 17.0. The molecule has 5 nitrogen and oxygen atoms in total. The van der Waals surface area contributed by atoms with Crippen molar-refractivity contribution in [3.63, 3.8) is 0 Å². The van der Waals surface area contributed by atoms with Gasteiger partial charge in [-0.1, -0.05) is 25.1 Å². The van der Waals surface area contributed by atoms with E-state index in [4.69, 9.17) is 4.74 Å². The maximum Gasteiger partial charge on any atom is 0.256 e. The molecule has 0 aliphatic carbocycles. The minimum absolute atomic E-state index is 0.0377. The molecular weight excluding hydrogens is 384 g/mol. The summed E-state index contributed by atoms with van der Waals surface area (Å²) in [6.45, 7) is 10.2. The van der Waals surface area contributed by atoms with Crippen molar-refractivity contribution >= 4 is 35.0 Å². The highest BCUT2D eigenvalue weighted by Gasteiger charge is 2.37. The van der Waals surface area contributed by atoms with Crippen molar-refractivity contribution in [1.82, 2.24) is 0 Å². The average molecular weight is 411 g/mol. The number of nitrogens with zero attached hydrogens (tertiary/aromatic N) is 1. The molecule has 3 rings (SSSR count). The van der Waals surface area contributed by atoms with E-state index < -0.39 is 5.41 Å². The third kappa shape index (κ3) is 4.48. The lowest BCUT2D eigenvalue weighted by Gasteiger charge is -2.27. The van der Waals surface area contributed by atoms with E-state index in [0.29, 0.717) is 35.8 Å². The Hall–Kier alpha value is -2.73. The predicted molar refractivity (Wildman–Crippen MR) is 119 cm³/mol. The summed E-state index contributed by atoms with van der Waals surface area (Å²) in [4.78, 5) is 28.5. The van der Waals surface area contributed by atoms with Gasteiger partial charge in [-0.3, -0.25) is 9.59 Å². The van der Waals surface area contributed by atoms with E-state index in [0.717, 1.165) is 10.6 Å². The van der Waals surface area contributed by atoms with Crippen molar-refractivity contribution in [3.8, 4) is 5.75 Å². The van der Waals surface area contributed by atoms with Crippen LogP contribution in [0.5, 0.6) is 5.75 Å². The molecule has 0 aromatic heterocycles. The summed E-state index contributed by atoms with van der Waals surface area (Å²) in [5.41, 5.74) is 1.22. The van der Waals surface area contributed by atoms with Crippen LogP contribution in [0.2, 0.25) is 0 Å². The first kappa shape index (κ1) is 21.0. The number of thioether (sulfide) groups is 1. The number of amides is 2. The molecule has 2 aromatic rings. The molecule has 0 unspecified atom stereocenters. The number of rotatable bonds is 6. The molecule has 0 saturated heterocycles. The van der Waals surface area contributed by atoms with Crippen LogP contribution in [0.1, 0.15) is 31.1 Å². The highest BCUT2D eigenvalue weighted by molar-refractivity contribution is 7.99. The topological polar surface area (TPSA) is 58.6 Å². The zero-order chi connectivity index (χ0) is 21.0. The van der Waals surface area contributed by atoms with Crippen molar-refractivity contribution in [2.45, 2.75) is 25.7 Å². The van der Waals surface area contributed by atoms with E-state index in [1.54, 1.807) is 40.9 Å². The lowest BCUT2D eigenvalue weighted by Crippen LogP contribution is -2.42. The quantitative estimate of drug-likeness (QED) is 0.538. The molecule has 0 fully saturated rings. The number of nitrogens with one attached hydrogen (secondary N) is 1. The summed E-state index contributed by atoms with van der Waals surface area (Å²) >= 11 is 1.63. The first-order chi connectivity index (χ1) is 13.9. The van der Waals surface area contributed by atoms with Crippen LogP contribution < -0.4 is 15.0 Å². The van der Waals surface area contributed by atoms with Gasteiger partial charge in [-0.15, -0.1) is 18.3 Å². The van der Waals surface area contributed by atoms with Gasteiger partial charge < -0.3 is 15.0 Å². The number of hydrogen-bond donors (Lipinski definition) is 1. The van der Waals surface area contributed by atoms with E-state index in [1.807, 2.05) is 38.1 Å². The summed E-state index contributed by atoms with van der Waals surface area (Å²) in [6, 6.07) is 12.9. The van der Waals surface area contributed by atoms with Gasteiger partial charge >= 0.3 is 0 Å². The maximum absolute atomic E-state index is 13.0. The van der Waals surface area contributed by atoms with Gasteiger partial charge in [0.15, 0.2) is 0 Å². The second kappa shape index (κ2) is 8.74. The van der Waals surface area contributed by atoms with Crippen molar-refractivity contribution in [2.24, 2.45) is 5.41 Å². The van der Waals surface area contributed by atoms with E-state index >= 15 is 0 Å². The molecule has 2 aromatic carbocycles. The lowest BCUT2D eigenvalue weighted by atomic mass is 9.93. The Morgan fingerprint density at radius 1 is 1.31 bits per heavy atom. The fraction of sp³-hybridized carbons (Fsp3) is 0.304. The Balaban J connectivity index is 1.92. The molecule has 152 valence electrons. The van der Waals surface area contributed by atoms with Crippen LogP contribution in [-0.4, -0.2) is 30.7 Å². The van der Waals surface area contributed by atoms with E-state index in [2.05, 4.69) is 18.8 Å². The van der Waals surface area contributed by atoms with E-state index in [1.165, 1.54) is 0 Å². The predicted octanol–water partition coefficient (Wildman–Crippen LogP) is 4.99. The number of carbonyl (C=O) groups excluding carboxylic acids is 2. The molecule has 1 heterocycles. The Bertz CT molecular complexity index is 939. The smallest absolute Gasteiger partial charge is 0.256 e. The Labute approximate surface area is 176 Å². The lowest BCUT2D eigenvalue weighted by molar-refractivity contribution is -0.127. The van der Waals surface area contributed by atoms with Crippen LogP contribution in [0.4, 0.5) is 11.4 Å². The highest BCUT2D eigenvalue weighted by atomic mass is 32.2. The number of hydrogen-bond acceptors (Lipinski definition) is 4. The number of carbonyl (C=O) groups is 2. The third-order valence-electron chi connectivity index (χ3n) is 4.66. The van der Waals surface area contributed by atoms with Crippen molar-refractivity contribution in [3.05, 3.63) is 60.7 Å². The van der Waals surface area contributed by atoms with Gasteiger partial charge in [0, 0.05) is 17.1 Å². The highest BCUT2D eigenvalue weighted by Crippen LogP contribution is 2.38. The number of anilines is 2.